The molecular weight excluding hydrogens is 250 g/mol. The molecule has 20 heavy (non-hydrogen) atoms. The maximum absolute atomic E-state index is 6.36. The molecule has 2 heterocycles. The van der Waals surface area contributed by atoms with E-state index in [1.807, 2.05) is 0 Å². The monoisotopic (exact) mass is 277 g/mol. The molecule has 1 aliphatic carbocycles. The first-order chi connectivity index (χ1) is 9.74. The Labute approximate surface area is 121 Å². The molecule has 0 aromatic carbocycles. The third kappa shape index (κ3) is 3.07. The summed E-state index contributed by atoms with van der Waals surface area (Å²) in [5.74, 6) is 0.481. The van der Waals surface area contributed by atoms with E-state index in [2.05, 4.69) is 23.9 Å². The molecule has 3 rings (SSSR count). The Morgan fingerprint density at radius 1 is 1.35 bits per heavy atom. The van der Waals surface area contributed by atoms with Gasteiger partial charge in [0.1, 0.15) is 0 Å². The summed E-state index contributed by atoms with van der Waals surface area (Å²) in [6.07, 6.45) is 11.0. The van der Waals surface area contributed by atoms with Crippen LogP contribution in [-0.4, -0.2) is 28.5 Å². The second-order valence-electron chi connectivity index (χ2n) is 6.48. The smallest absolute Gasteiger partial charge is 0.0640 e. The Morgan fingerprint density at radius 3 is 2.85 bits per heavy atom. The van der Waals surface area contributed by atoms with Crippen LogP contribution >= 0.6 is 0 Å². The molecular formula is C16H27N3O. The summed E-state index contributed by atoms with van der Waals surface area (Å²) >= 11 is 0. The molecule has 0 amide bonds. The van der Waals surface area contributed by atoms with E-state index in [1.54, 1.807) is 0 Å². The molecule has 4 nitrogen and oxygen atoms in total. The minimum atomic E-state index is 0.169. The fourth-order valence-corrected chi connectivity index (χ4v) is 3.74. The van der Waals surface area contributed by atoms with Gasteiger partial charge < -0.3 is 10.5 Å². The standard InChI is InChI=1S/C16H27N3O/c1-12-15(8-10-20-12)16(17)11-13-7-9-19(18-13)14-5-3-2-4-6-14/h7,9,12,14-16H,2-6,8,10-11,17H2,1H3. The fourth-order valence-electron chi connectivity index (χ4n) is 3.74. The number of rotatable bonds is 4. The van der Waals surface area contributed by atoms with Gasteiger partial charge in [-0.05, 0) is 32.3 Å². The molecule has 3 atom stereocenters. The third-order valence-corrected chi connectivity index (χ3v) is 5.04. The average Bonchev–Trinajstić information content (AvgIpc) is 3.09. The van der Waals surface area contributed by atoms with Crippen molar-refractivity contribution in [3.63, 3.8) is 0 Å². The van der Waals surface area contributed by atoms with E-state index in [0.29, 0.717) is 18.1 Å². The Hall–Kier alpha value is -0.870. The van der Waals surface area contributed by atoms with Gasteiger partial charge in [-0.1, -0.05) is 19.3 Å². The zero-order chi connectivity index (χ0) is 13.9. The van der Waals surface area contributed by atoms with Crippen molar-refractivity contribution in [2.75, 3.05) is 6.61 Å². The van der Waals surface area contributed by atoms with Gasteiger partial charge >= 0.3 is 0 Å². The predicted octanol–water partition coefficient (Wildman–Crippen LogP) is 2.68. The van der Waals surface area contributed by atoms with E-state index in [1.165, 1.54) is 32.1 Å². The highest BCUT2D eigenvalue weighted by atomic mass is 16.5. The molecule has 1 aromatic rings. The SMILES string of the molecule is CC1OCCC1C(N)Cc1ccn(C2CCCCC2)n1. The minimum absolute atomic E-state index is 0.169. The molecule has 2 fully saturated rings. The highest BCUT2D eigenvalue weighted by Gasteiger charge is 2.30. The summed E-state index contributed by atoms with van der Waals surface area (Å²) < 4.78 is 7.80. The quantitative estimate of drug-likeness (QED) is 0.920. The number of aromatic nitrogens is 2. The van der Waals surface area contributed by atoms with Crippen molar-refractivity contribution in [1.82, 2.24) is 9.78 Å². The van der Waals surface area contributed by atoms with Crippen molar-refractivity contribution in [3.8, 4) is 0 Å². The lowest BCUT2D eigenvalue weighted by molar-refractivity contribution is 0.0994. The minimum Gasteiger partial charge on any atom is -0.378 e. The Balaban J connectivity index is 1.59. The summed E-state index contributed by atoms with van der Waals surface area (Å²) in [6.45, 7) is 2.99. The third-order valence-electron chi connectivity index (χ3n) is 5.04. The van der Waals surface area contributed by atoms with Gasteiger partial charge in [-0.3, -0.25) is 4.68 Å². The van der Waals surface area contributed by atoms with E-state index < -0.39 is 0 Å². The normalized spacial score (nSPS) is 29.7. The lowest BCUT2D eigenvalue weighted by Crippen LogP contribution is -2.36. The van der Waals surface area contributed by atoms with Crippen molar-refractivity contribution in [3.05, 3.63) is 18.0 Å². The second-order valence-corrected chi connectivity index (χ2v) is 6.48. The summed E-state index contributed by atoms with van der Waals surface area (Å²) in [4.78, 5) is 0. The molecule has 0 spiro atoms. The fraction of sp³-hybridized carbons (Fsp3) is 0.812. The first-order valence-electron chi connectivity index (χ1n) is 8.15. The van der Waals surface area contributed by atoms with Crippen LogP contribution in [0.4, 0.5) is 0 Å². The van der Waals surface area contributed by atoms with Gasteiger partial charge in [0.25, 0.3) is 0 Å². The number of ether oxygens (including phenoxy) is 1. The summed E-state index contributed by atoms with van der Waals surface area (Å²) in [5, 5.41) is 4.77. The topological polar surface area (TPSA) is 53.1 Å². The molecule has 3 unspecified atom stereocenters. The Bertz CT molecular complexity index is 425. The molecule has 1 aromatic heterocycles. The molecule has 4 heteroatoms. The molecule has 1 saturated heterocycles. The largest absolute Gasteiger partial charge is 0.378 e. The van der Waals surface area contributed by atoms with Gasteiger partial charge in [0.2, 0.25) is 0 Å². The first-order valence-corrected chi connectivity index (χ1v) is 8.15. The Morgan fingerprint density at radius 2 is 2.15 bits per heavy atom. The summed E-state index contributed by atoms with van der Waals surface area (Å²) in [7, 11) is 0. The summed E-state index contributed by atoms with van der Waals surface area (Å²) in [5.41, 5.74) is 7.50. The van der Waals surface area contributed by atoms with Crippen molar-refractivity contribution < 1.29 is 4.74 Å². The van der Waals surface area contributed by atoms with Crippen LogP contribution < -0.4 is 5.73 Å². The number of hydrogen-bond acceptors (Lipinski definition) is 3. The van der Waals surface area contributed by atoms with E-state index in [-0.39, 0.29) is 6.04 Å². The van der Waals surface area contributed by atoms with Crippen LogP contribution in [0.1, 0.15) is 57.2 Å². The molecule has 0 bridgehead atoms. The lowest BCUT2D eigenvalue weighted by atomic mass is 9.91. The summed E-state index contributed by atoms with van der Waals surface area (Å²) in [6, 6.07) is 2.93. The van der Waals surface area contributed by atoms with Crippen LogP contribution in [0.3, 0.4) is 0 Å². The van der Waals surface area contributed by atoms with Crippen molar-refractivity contribution in [2.45, 2.75) is 70.1 Å². The number of nitrogens with two attached hydrogens (primary N) is 1. The highest BCUT2D eigenvalue weighted by molar-refractivity contribution is 5.03. The van der Waals surface area contributed by atoms with Crippen LogP contribution in [0.15, 0.2) is 12.3 Å². The van der Waals surface area contributed by atoms with Gasteiger partial charge in [-0.25, -0.2) is 0 Å². The maximum atomic E-state index is 6.36. The predicted molar refractivity (Wildman–Crippen MR) is 79.5 cm³/mol. The molecule has 1 aliphatic heterocycles. The number of nitrogens with zero attached hydrogens (tertiary/aromatic N) is 2. The van der Waals surface area contributed by atoms with E-state index in [0.717, 1.165) is 25.1 Å². The number of hydrogen-bond donors (Lipinski definition) is 1. The van der Waals surface area contributed by atoms with Gasteiger partial charge in [-0.2, -0.15) is 5.10 Å². The van der Waals surface area contributed by atoms with Gasteiger partial charge in [0, 0.05) is 31.2 Å². The van der Waals surface area contributed by atoms with Crippen LogP contribution in [-0.2, 0) is 11.2 Å². The molecule has 112 valence electrons. The zero-order valence-electron chi connectivity index (χ0n) is 12.5. The molecule has 0 radical (unpaired) electrons. The second kappa shape index (κ2) is 6.27. The van der Waals surface area contributed by atoms with E-state index in [9.17, 15) is 0 Å². The van der Waals surface area contributed by atoms with Crippen LogP contribution in [0.2, 0.25) is 0 Å². The molecule has 2 N–H and O–H groups in total. The van der Waals surface area contributed by atoms with Gasteiger partial charge in [0.05, 0.1) is 17.8 Å². The van der Waals surface area contributed by atoms with Crippen molar-refractivity contribution in [1.29, 1.82) is 0 Å². The van der Waals surface area contributed by atoms with Gasteiger partial charge in [0.15, 0.2) is 0 Å². The first kappa shape index (κ1) is 14.1. The average molecular weight is 277 g/mol. The highest BCUT2D eigenvalue weighted by Crippen LogP contribution is 2.28. The van der Waals surface area contributed by atoms with Gasteiger partial charge in [-0.15, -0.1) is 0 Å². The van der Waals surface area contributed by atoms with E-state index in [4.69, 9.17) is 15.6 Å². The lowest BCUT2D eigenvalue weighted by Gasteiger charge is -2.22. The van der Waals surface area contributed by atoms with Crippen molar-refractivity contribution in [2.24, 2.45) is 11.7 Å². The van der Waals surface area contributed by atoms with Crippen molar-refractivity contribution >= 4 is 0 Å². The Kier molecular flexibility index (Phi) is 4.41. The molecule has 2 aliphatic rings. The van der Waals surface area contributed by atoms with E-state index >= 15 is 0 Å². The van der Waals surface area contributed by atoms with Crippen LogP contribution in [0.25, 0.3) is 0 Å². The zero-order valence-corrected chi connectivity index (χ0v) is 12.5. The molecule has 1 saturated carbocycles. The van der Waals surface area contributed by atoms with Crippen LogP contribution in [0, 0.1) is 5.92 Å². The van der Waals surface area contributed by atoms with Crippen LogP contribution in [0.5, 0.6) is 0 Å². The maximum Gasteiger partial charge on any atom is 0.0640 e.